The molecule has 0 fully saturated rings. The van der Waals surface area contributed by atoms with Gasteiger partial charge >= 0.3 is 0 Å². The zero-order chi connectivity index (χ0) is 14.5. The Morgan fingerprint density at radius 2 is 2.00 bits per heavy atom. The maximum atomic E-state index is 12.1. The lowest BCUT2D eigenvalue weighted by Gasteiger charge is -2.06. The van der Waals surface area contributed by atoms with Gasteiger partial charge in [0, 0.05) is 36.3 Å². The molecule has 0 spiro atoms. The molecular weight excluding hydrogens is 274 g/mol. The summed E-state index contributed by atoms with van der Waals surface area (Å²) < 4.78 is 1.89. The van der Waals surface area contributed by atoms with Crippen molar-refractivity contribution >= 4 is 34.5 Å². The summed E-state index contributed by atoms with van der Waals surface area (Å²) in [5.74, 6) is 0.239. The van der Waals surface area contributed by atoms with Gasteiger partial charge in [-0.1, -0.05) is 18.2 Å². The van der Waals surface area contributed by atoms with Crippen LogP contribution in [0.15, 0.2) is 30.5 Å². The van der Waals surface area contributed by atoms with Gasteiger partial charge in [0.15, 0.2) is 0 Å². The summed E-state index contributed by atoms with van der Waals surface area (Å²) in [5, 5.41) is 0.867. The van der Waals surface area contributed by atoms with Crippen molar-refractivity contribution in [3.8, 4) is 0 Å². The summed E-state index contributed by atoms with van der Waals surface area (Å²) >= 11 is 1.59. The minimum Gasteiger partial charge on any atom is -0.350 e. The highest BCUT2D eigenvalue weighted by Gasteiger charge is 2.13. The van der Waals surface area contributed by atoms with Crippen molar-refractivity contribution in [2.75, 3.05) is 12.0 Å². The zero-order valence-corrected chi connectivity index (χ0v) is 12.3. The summed E-state index contributed by atoms with van der Waals surface area (Å²) in [4.78, 5) is 23.6. The Morgan fingerprint density at radius 1 is 1.25 bits per heavy atom. The van der Waals surface area contributed by atoms with Gasteiger partial charge in [0.2, 0.25) is 5.91 Å². The first kappa shape index (κ1) is 14.5. The lowest BCUT2D eigenvalue weighted by atomic mass is 10.2. The number of thioether (sulfide) groups is 1. The molecule has 0 bridgehead atoms. The minimum absolute atomic E-state index is 0.187. The third kappa shape index (κ3) is 3.14. The largest absolute Gasteiger partial charge is 0.350 e. The van der Waals surface area contributed by atoms with Crippen LogP contribution in [0.25, 0.3) is 10.9 Å². The standard InChI is InChI=1S/C14H17N3O2S/c1-17-9-11(10-5-3-4-6-12(10)17)14(19)16-15-13(18)7-8-20-2/h3-6,9H,7-8H2,1-2H3,(H,15,18)(H,16,19). The molecule has 2 N–H and O–H groups in total. The van der Waals surface area contributed by atoms with Crippen molar-refractivity contribution in [2.24, 2.45) is 7.05 Å². The third-order valence-corrected chi connectivity index (χ3v) is 3.60. The molecule has 1 aromatic heterocycles. The fourth-order valence-electron chi connectivity index (χ4n) is 1.97. The monoisotopic (exact) mass is 291 g/mol. The fraction of sp³-hybridized carbons (Fsp3) is 0.286. The van der Waals surface area contributed by atoms with E-state index < -0.39 is 0 Å². The Hall–Kier alpha value is -1.95. The smallest absolute Gasteiger partial charge is 0.271 e. The summed E-state index contributed by atoms with van der Waals surface area (Å²) in [6.45, 7) is 0. The van der Waals surface area contributed by atoms with Crippen molar-refractivity contribution < 1.29 is 9.59 Å². The highest BCUT2D eigenvalue weighted by Crippen LogP contribution is 2.19. The van der Waals surface area contributed by atoms with Crippen molar-refractivity contribution in [2.45, 2.75) is 6.42 Å². The van der Waals surface area contributed by atoms with E-state index in [4.69, 9.17) is 0 Å². The first-order valence-electron chi connectivity index (χ1n) is 6.25. The molecule has 0 aliphatic rings. The Balaban J connectivity index is 2.07. The van der Waals surface area contributed by atoms with Crippen LogP contribution < -0.4 is 10.9 Å². The van der Waals surface area contributed by atoms with E-state index >= 15 is 0 Å². The topological polar surface area (TPSA) is 63.1 Å². The number of aromatic nitrogens is 1. The van der Waals surface area contributed by atoms with Gasteiger partial charge in [-0.15, -0.1) is 0 Å². The van der Waals surface area contributed by atoms with Crippen LogP contribution >= 0.6 is 11.8 Å². The fourth-order valence-corrected chi connectivity index (χ4v) is 2.36. The summed E-state index contributed by atoms with van der Waals surface area (Å²) in [6.07, 6.45) is 4.08. The maximum absolute atomic E-state index is 12.1. The molecule has 5 nitrogen and oxygen atoms in total. The van der Waals surface area contributed by atoms with E-state index in [1.54, 1.807) is 18.0 Å². The van der Waals surface area contributed by atoms with Crippen molar-refractivity contribution in [3.05, 3.63) is 36.0 Å². The van der Waals surface area contributed by atoms with E-state index in [1.165, 1.54) is 0 Å². The van der Waals surface area contributed by atoms with Crippen LogP contribution in [0.1, 0.15) is 16.8 Å². The number of para-hydroxylation sites is 1. The lowest BCUT2D eigenvalue weighted by molar-refractivity contribution is -0.121. The number of carbonyl (C=O) groups excluding carboxylic acids is 2. The van der Waals surface area contributed by atoms with E-state index in [2.05, 4.69) is 10.9 Å². The van der Waals surface area contributed by atoms with Gasteiger partial charge < -0.3 is 4.57 Å². The van der Waals surface area contributed by atoms with Crippen LogP contribution in [0.5, 0.6) is 0 Å². The molecule has 0 saturated carbocycles. The van der Waals surface area contributed by atoms with Gasteiger partial charge in [-0.05, 0) is 12.3 Å². The molecule has 0 atom stereocenters. The molecule has 0 saturated heterocycles. The number of benzene rings is 1. The van der Waals surface area contributed by atoms with Crippen LogP contribution in [0.4, 0.5) is 0 Å². The number of hydrogen-bond donors (Lipinski definition) is 2. The van der Waals surface area contributed by atoms with Gasteiger partial charge in [-0.3, -0.25) is 20.4 Å². The third-order valence-electron chi connectivity index (χ3n) is 2.99. The molecule has 106 valence electrons. The first-order chi connectivity index (χ1) is 9.63. The average Bonchev–Trinajstić information content (AvgIpc) is 2.80. The molecule has 0 unspecified atom stereocenters. The molecule has 2 rings (SSSR count). The molecule has 1 aromatic carbocycles. The van der Waals surface area contributed by atoms with Crippen LogP contribution in [-0.2, 0) is 11.8 Å². The molecule has 2 aromatic rings. The lowest BCUT2D eigenvalue weighted by Crippen LogP contribution is -2.41. The Labute approximate surface area is 121 Å². The van der Waals surface area contributed by atoms with Crippen molar-refractivity contribution in [1.82, 2.24) is 15.4 Å². The van der Waals surface area contributed by atoms with Crippen LogP contribution in [0.2, 0.25) is 0 Å². The highest BCUT2D eigenvalue weighted by molar-refractivity contribution is 7.98. The van der Waals surface area contributed by atoms with Crippen molar-refractivity contribution in [1.29, 1.82) is 0 Å². The number of nitrogens with zero attached hydrogens (tertiary/aromatic N) is 1. The minimum atomic E-state index is -0.306. The zero-order valence-electron chi connectivity index (χ0n) is 11.5. The Kier molecular flexibility index (Phi) is 4.68. The van der Waals surface area contributed by atoms with Crippen LogP contribution in [-0.4, -0.2) is 28.4 Å². The number of nitrogens with one attached hydrogen (secondary N) is 2. The maximum Gasteiger partial charge on any atom is 0.271 e. The van der Waals surface area contributed by atoms with Crippen LogP contribution in [0.3, 0.4) is 0 Å². The SMILES string of the molecule is CSCCC(=O)NNC(=O)c1cn(C)c2ccccc12. The number of rotatable bonds is 4. The summed E-state index contributed by atoms with van der Waals surface area (Å²) in [5.41, 5.74) is 6.41. The Bertz CT molecular complexity index is 636. The second-order valence-electron chi connectivity index (χ2n) is 4.42. The number of fused-ring (bicyclic) bond motifs is 1. The normalized spacial score (nSPS) is 10.5. The predicted octanol–water partition coefficient (Wildman–Crippen LogP) is 1.69. The Morgan fingerprint density at radius 3 is 2.75 bits per heavy atom. The average molecular weight is 291 g/mol. The van der Waals surface area contributed by atoms with E-state index in [0.717, 1.165) is 16.7 Å². The summed E-state index contributed by atoms with van der Waals surface area (Å²) in [6, 6.07) is 7.65. The van der Waals surface area contributed by atoms with E-state index in [-0.39, 0.29) is 11.8 Å². The second kappa shape index (κ2) is 6.47. The van der Waals surface area contributed by atoms with Gasteiger partial charge in [-0.25, -0.2) is 0 Å². The molecule has 20 heavy (non-hydrogen) atoms. The predicted molar refractivity (Wildman–Crippen MR) is 81.5 cm³/mol. The molecule has 2 amide bonds. The highest BCUT2D eigenvalue weighted by atomic mass is 32.2. The quantitative estimate of drug-likeness (QED) is 0.843. The molecule has 6 heteroatoms. The first-order valence-corrected chi connectivity index (χ1v) is 7.65. The van der Waals surface area contributed by atoms with Crippen LogP contribution in [0, 0.1) is 0 Å². The summed E-state index contributed by atoms with van der Waals surface area (Å²) in [7, 11) is 1.89. The number of amides is 2. The number of aryl methyl sites for hydroxylation is 1. The van der Waals surface area contributed by atoms with Gasteiger partial charge in [0.05, 0.1) is 5.56 Å². The van der Waals surface area contributed by atoms with Gasteiger partial charge in [0.25, 0.3) is 5.91 Å². The van der Waals surface area contributed by atoms with E-state index in [0.29, 0.717) is 12.0 Å². The number of hydrazine groups is 1. The van der Waals surface area contributed by atoms with Gasteiger partial charge in [0.1, 0.15) is 0 Å². The number of hydrogen-bond acceptors (Lipinski definition) is 3. The van der Waals surface area contributed by atoms with Crippen molar-refractivity contribution in [3.63, 3.8) is 0 Å². The molecule has 0 aliphatic heterocycles. The van der Waals surface area contributed by atoms with Gasteiger partial charge in [-0.2, -0.15) is 11.8 Å². The molecule has 0 aliphatic carbocycles. The van der Waals surface area contributed by atoms with E-state index in [9.17, 15) is 9.59 Å². The van der Waals surface area contributed by atoms with E-state index in [1.807, 2.05) is 42.1 Å². The second-order valence-corrected chi connectivity index (χ2v) is 5.40. The molecule has 0 radical (unpaired) electrons. The number of carbonyl (C=O) groups is 2. The molecule has 1 heterocycles. The molecular formula is C14H17N3O2S.